The van der Waals surface area contributed by atoms with Crippen LogP contribution in [0.5, 0.6) is 0 Å². The third-order valence-electron chi connectivity index (χ3n) is 4.98. The van der Waals surface area contributed by atoms with Crippen LogP contribution in [-0.4, -0.2) is 60.2 Å². The van der Waals surface area contributed by atoms with Crippen molar-refractivity contribution in [2.75, 3.05) is 26.0 Å². The van der Waals surface area contributed by atoms with Gasteiger partial charge in [0.25, 0.3) is 11.8 Å². The number of rotatable bonds is 5. The van der Waals surface area contributed by atoms with Gasteiger partial charge in [0.2, 0.25) is 10.0 Å². The number of carbonyl (C=O) groups excluding carboxylic acids is 2. The maximum Gasteiger partial charge on any atom is 0.279 e. The molecular weight excluding hydrogens is 454 g/mol. The van der Waals surface area contributed by atoms with Gasteiger partial charge < -0.3 is 9.42 Å². The lowest BCUT2D eigenvalue weighted by molar-refractivity contribution is 0.0736. The fraction of sp³-hybridized carbons (Fsp3) is 0.300. The van der Waals surface area contributed by atoms with E-state index in [9.17, 15) is 18.0 Å². The maximum absolute atomic E-state index is 12.9. The van der Waals surface area contributed by atoms with Crippen molar-refractivity contribution in [1.29, 1.82) is 0 Å². The average molecular weight is 476 g/mol. The molecule has 1 aromatic carbocycles. The van der Waals surface area contributed by atoms with Crippen molar-refractivity contribution in [1.82, 2.24) is 19.3 Å². The Morgan fingerprint density at radius 2 is 1.94 bits per heavy atom. The van der Waals surface area contributed by atoms with E-state index in [4.69, 9.17) is 4.52 Å². The Kier molecular flexibility index (Phi) is 5.84. The van der Waals surface area contributed by atoms with Crippen molar-refractivity contribution >= 4 is 38.3 Å². The number of aromatic nitrogens is 2. The Balaban J connectivity index is 1.45. The molecule has 3 heterocycles. The number of benzene rings is 1. The first-order valence-electron chi connectivity index (χ1n) is 9.70. The number of fused-ring (bicyclic) bond motifs is 1. The Morgan fingerprint density at radius 1 is 1.22 bits per heavy atom. The monoisotopic (exact) mass is 475 g/mol. The van der Waals surface area contributed by atoms with Gasteiger partial charge in [0, 0.05) is 43.6 Å². The first-order valence-corrected chi connectivity index (χ1v) is 12.0. The molecule has 1 N–H and O–H groups in total. The molecule has 2 amide bonds. The summed E-state index contributed by atoms with van der Waals surface area (Å²) in [6, 6.07) is 7.45. The van der Waals surface area contributed by atoms with E-state index in [2.05, 4.69) is 15.5 Å². The highest BCUT2D eigenvalue weighted by Crippen LogP contribution is 2.29. The van der Waals surface area contributed by atoms with Crippen molar-refractivity contribution in [3.8, 4) is 0 Å². The number of aryl methyl sites for hydroxylation is 1. The average Bonchev–Trinajstić information content (AvgIpc) is 3.38. The zero-order valence-electron chi connectivity index (χ0n) is 17.7. The Bertz CT molecular complexity index is 1280. The van der Waals surface area contributed by atoms with Crippen LogP contribution >= 0.6 is 11.3 Å². The van der Waals surface area contributed by atoms with Gasteiger partial charge in [0.15, 0.2) is 10.8 Å². The van der Waals surface area contributed by atoms with E-state index < -0.39 is 15.9 Å². The van der Waals surface area contributed by atoms with Crippen LogP contribution in [0.1, 0.15) is 37.2 Å². The van der Waals surface area contributed by atoms with Crippen molar-refractivity contribution in [2.24, 2.45) is 0 Å². The van der Waals surface area contributed by atoms with E-state index >= 15 is 0 Å². The summed E-state index contributed by atoms with van der Waals surface area (Å²) in [5.74, 6) is -0.0646. The van der Waals surface area contributed by atoms with Crippen LogP contribution < -0.4 is 5.32 Å². The molecule has 168 valence electrons. The van der Waals surface area contributed by atoms with E-state index in [-0.39, 0.29) is 16.5 Å². The molecule has 2 aromatic heterocycles. The minimum Gasteiger partial charge on any atom is -0.361 e. The highest BCUT2D eigenvalue weighted by atomic mass is 32.2. The van der Waals surface area contributed by atoms with Crippen LogP contribution in [0, 0.1) is 6.92 Å². The molecule has 1 aliphatic heterocycles. The Morgan fingerprint density at radius 3 is 2.56 bits per heavy atom. The number of amides is 2. The summed E-state index contributed by atoms with van der Waals surface area (Å²) < 4.78 is 30.5. The smallest absolute Gasteiger partial charge is 0.279 e. The maximum atomic E-state index is 12.9. The predicted molar refractivity (Wildman–Crippen MR) is 117 cm³/mol. The molecule has 0 saturated heterocycles. The first-order chi connectivity index (χ1) is 15.1. The quantitative estimate of drug-likeness (QED) is 0.599. The van der Waals surface area contributed by atoms with Crippen LogP contribution in [0.3, 0.4) is 0 Å². The molecule has 3 aromatic rings. The van der Waals surface area contributed by atoms with Gasteiger partial charge in [-0.1, -0.05) is 16.5 Å². The molecule has 0 atom stereocenters. The number of hydrogen-bond donors (Lipinski definition) is 1. The lowest BCUT2D eigenvalue weighted by atomic mass is 10.1. The van der Waals surface area contributed by atoms with Crippen molar-refractivity contribution < 1.29 is 22.5 Å². The molecule has 12 heteroatoms. The third kappa shape index (κ3) is 4.29. The van der Waals surface area contributed by atoms with Gasteiger partial charge in [0.05, 0.1) is 17.1 Å². The number of carbonyl (C=O) groups is 2. The molecule has 0 saturated carbocycles. The molecule has 1 aliphatic rings. The molecule has 0 bridgehead atoms. The third-order valence-corrected chi connectivity index (χ3v) is 7.81. The van der Waals surface area contributed by atoms with Gasteiger partial charge in [-0.15, -0.1) is 0 Å². The van der Waals surface area contributed by atoms with Crippen LogP contribution in [0.15, 0.2) is 39.8 Å². The van der Waals surface area contributed by atoms with Crippen molar-refractivity contribution in [2.45, 2.75) is 24.8 Å². The van der Waals surface area contributed by atoms with Crippen LogP contribution in [0.2, 0.25) is 0 Å². The number of sulfonamides is 1. The van der Waals surface area contributed by atoms with E-state index in [1.54, 1.807) is 11.8 Å². The van der Waals surface area contributed by atoms with Gasteiger partial charge in [-0.2, -0.15) is 0 Å². The van der Waals surface area contributed by atoms with Gasteiger partial charge in [-0.3, -0.25) is 14.9 Å². The van der Waals surface area contributed by atoms with E-state index in [0.717, 1.165) is 14.9 Å². The van der Waals surface area contributed by atoms with E-state index in [1.807, 2.05) is 0 Å². The SMILES string of the molecule is Cc1cc(C(=O)Nc2nc3c(s2)CN(C(=O)c2ccc(S(=O)(=O)N(C)C)cc2)CC3)no1. The van der Waals surface area contributed by atoms with Gasteiger partial charge in [-0.05, 0) is 31.2 Å². The number of nitrogens with zero attached hydrogens (tertiary/aromatic N) is 4. The molecule has 0 fully saturated rings. The second kappa shape index (κ2) is 8.45. The molecule has 4 rings (SSSR count). The zero-order chi connectivity index (χ0) is 23.0. The fourth-order valence-corrected chi connectivity index (χ4v) is 5.14. The minimum absolute atomic E-state index is 0.130. The van der Waals surface area contributed by atoms with Crippen molar-refractivity contribution in [3.05, 3.63) is 57.9 Å². The van der Waals surface area contributed by atoms with Crippen LogP contribution in [0.4, 0.5) is 5.13 Å². The molecule has 0 radical (unpaired) electrons. The van der Waals surface area contributed by atoms with Crippen molar-refractivity contribution in [3.63, 3.8) is 0 Å². The summed E-state index contributed by atoms with van der Waals surface area (Å²) >= 11 is 1.31. The summed E-state index contributed by atoms with van der Waals surface area (Å²) in [6.45, 7) is 2.54. The van der Waals surface area contributed by atoms with Gasteiger partial charge in [-0.25, -0.2) is 17.7 Å². The molecule has 0 spiro atoms. The topological polar surface area (TPSA) is 126 Å². The largest absolute Gasteiger partial charge is 0.361 e. The Hall–Kier alpha value is -3.09. The summed E-state index contributed by atoms with van der Waals surface area (Å²) in [5, 5.41) is 6.84. The fourth-order valence-electron chi connectivity index (χ4n) is 3.22. The molecule has 0 aliphatic carbocycles. The number of anilines is 1. The second-order valence-electron chi connectivity index (χ2n) is 7.45. The normalized spacial score (nSPS) is 13.8. The standard InChI is InChI=1S/C20H21N5O5S2/c1-12-10-16(23-30-12)18(26)22-20-21-15-8-9-25(11-17(15)31-20)19(27)13-4-6-14(7-5-13)32(28,29)24(2)3/h4-7,10H,8-9,11H2,1-3H3,(H,21,22,26). The van der Waals surface area contributed by atoms with E-state index in [0.29, 0.717) is 36.0 Å². The summed E-state index contributed by atoms with van der Waals surface area (Å²) in [4.78, 5) is 32.4. The highest BCUT2D eigenvalue weighted by molar-refractivity contribution is 7.89. The zero-order valence-corrected chi connectivity index (χ0v) is 19.3. The number of nitrogens with one attached hydrogen (secondary N) is 1. The molecule has 32 heavy (non-hydrogen) atoms. The molecule has 10 nitrogen and oxygen atoms in total. The minimum atomic E-state index is -3.55. The second-order valence-corrected chi connectivity index (χ2v) is 10.7. The predicted octanol–water partition coefficient (Wildman–Crippen LogP) is 2.14. The van der Waals surface area contributed by atoms with Gasteiger partial charge >= 0.3 is 0 Å². The van der Waals surface area contributed by atoms with E-state index in [1.165, 1.54) is 55.8 Å². The highest BCUT2D eigenvalue weighted by Gasteiger charge is 2.26. The summed E-state index contributed by atoms with van der Waals surface area (Å²) in [5.41, 5.74) is 1.43. The molecular formula is C20H21N5O5S2. The van der Waals surface area contributed by atoms with Crippen LogP contribution in [-0.2, 0) is 23.0 Å². The number of hydrogen-bond acceptors (Lipinski definition) is 8. The Labute approximate surface area is 188 Å². The number of thiazole rings is 1. The summed E-state index contributed by atoms with van der Waals surface area (Å²) in [7, 11) is -0.640. The lowest BCUT2D eigenvalue weighted by Gasteiger charge is -2.26. The lowest BCUT2D eigenvalue weighted by Crippen LogP contribution is -2.35. The van der Waals surface area contributed by atoms with Crippen LogP contribution in [0.25, 0.3) is 0 Å². The molecule has 0 unspecified atom stereocenters. The van der Waals surface area contributed by atoms with Gasteiger partial charge in [0.1, 0.15) is 5.76 Å². The summed E-state index contributed by atoms with van der Waals surface area (Å²) in [6.07, 6.45) is 0.559. The first kappa shape index (κ1) is 22.1.